The van der Waals surface area contributed by atoms with E-state index in [1.807, 2.05) is 13.8 Å². The lowest BCUT2D eigenvalue weighted by Gasteiger charge is -2.24. The molecule has 0 saturated carbocycles. The van der Waals surface area contributed by atoms with E-state index in [9.17, 15) is 9.18 Å². The van der Waals surface area contributed by atoms with Crippen LogP contribution in [-0.2, 0) is 11.8 Å². The van der Waals surface area contributed by atoms with Gasteiger partial charge in [-0.25, -0.2) is 9.37 Å². The Morgan fingerprint density at radius 1 is 1.24 bits per heavy atom. The van der Waals surface area contributed by atoms with Gasteiger partial charge in [-0.3, -0.25) is 4.79 Å². The summed E-state index contributed by atoms with van der Waals surface area (Å²) in [7, 11) is 0. The Morgan fingerprint density at radius 3 is 2.43 bits per heavy atom. The topological polar surface area (TPSA) is 45.8 Å². The first kappa shape index (κ1) is 15.4. The van der Waals surface area contributed by atoms with Crippen LogP contribution < -0.4 is 5.56 Å². The van der Waals surface area contributed by atoms with Crippen LogP contribution in [0, 0.1) is 11.7 Å². The van der Waals surface area contributed by atoms with E-state index in [0.717, 1.165) is 17.7 Å². The molecule has 3 nitrogen and oxygen atoms in total. The number of rotatable bonds is 4. The summed E-state index contributed by atoms with van der Waals surface area (Å²) in [5, 5.41) is 0. The second kappa shape index (κ2) is 5.80. The number of halogens is 1. The van der Waals surface area contributed by atoms with Crippen LogP contribution in [0.5, 0.6) is 0 Å². The molecule has 0 spiro atoms. The van der Waals surface area contributed by atoms with Gasteiger partial charge >= 0.3 is 0 Å². The number of benzene rings is 1. The standard InChI is InChI=1S/C17H21FN2O/c1-11(2)9-14-10-15(21)20-16(19-14)17(3,4)12-5-7-13(18)8-6-12/h5-8,10-11H,9H2,1-4H3,(H,19,20,21). The molecule has 1 N–H and O–H groups in total. The van der Waals surface area contributed by atoms with E-state index in [-0.39, 0.29) is 11.4 Å². The summed E-state index contributed by atoms with van der Waals surface area (Å²) in [5.74, 6) is 0.767. The molecule has 112 valence electrons. The molecule has 21 heavy (non-hydrogen) atoms. The number of H-pyrrole nitrogens is 1. The summed E-state index contributed by atoms with van der Waals surface area (Å²) in [6.07, 6.45) is 0.760. The van der Waals surface area contributed by atoms with Crippen molar-refractivity contribution in [3.63, 3.8) is 0 Å². The number of hydrogen-bond acceptors (Lipinski definition) is 2. The number of aromatic amines is 1. The lowest BCUT2D eigenvalue weighted by Crippen LogP contribution is -2.27. The van der Waals surface area contributed by atoms with Crippen LogP contribution in [0.4, 0.5) is 4.39 Å². The minimum Gasteiger partial charge on any atom is -0.310 e. The molecule has 0 atom stereocenters. The van der Waals surface area contributed by atoms with Crippen LogP contribution >= 0.6 is 0 Å². The highest BCUT2D eigenvalue weighted by Gasteiger charge is 2.26. The summed E-state index contributed by atoms with van der Waals surface area (Å²) in [5.41, 5.74) is 1.07. The molecule has 0 aliphatic heterocycles. The Hall–Kier alpha value is -1.97. The predicted octanol–water partition coefficient (Wildman–Crippen LogP) is 3.43. The molecule has 2 rings (SSSR count). The average Bonchev–Trinajstić information content (AvgIpc) is 2.37. The van der Waals surface area contributed by atoms with Crippen LogP contribution in [0.25, 0.3) is 0 Å². The molecule has 0 radical (unpaired) electrons. The van der Waals surface area contributed by atoms with E-state index >= 15 is 0 Å². The van der Waals surface area contributed by atoms with Gasteiger partial charge in [0.05, 0.1) is 0 Å². The Morgan fingerprint density at radius 2 is 1.86 bits per heavy atom. The monoisotopic (exact) mass is 288 g/mol. The minimum atomic E-state index is -0.486. The largest absolute Gasteiger partial charge is 0.310 e. The van der Waals surface area contributed by atoms with Crippen molar-refractivity contribution in [1.29, 1.82) is 0 Å². The normalized spacial score (nSPS) is 11.9. The lowest BCUT2D eigenvalue weighted by atomic mass is 9.83. The number of nitrogens with zero attached hydrogens (tertiary/aromatic N) is 1. The fourth-order valence-corrected chi connectivity index (χ4v) is 2.33. The van der Waals surface area contributed by atoms with Gasteiger partial charge in [-0.2, -0.15) is 0 Å². The van der Waals surface area contributed by atoms with Crippen LogP contribution in [0.1, 0.15) is 44.8 Å². The van der Waals surface area contributed by atoms with Crippen molar-refractivity contribution in [2.45, 2.75) is 39.5 Å². The highest BCUT2D eigenvalue weighted by atomic mass is 19.1. The number of aromatic nitrogens is 2. The van der Waals surface area contributed by atoms with Crippen LogP contribution in [0.15, 0.2) is 35.1 Å². The zero-order valence-corrected chi connectivity index (χ0v) is 12.9. The van der Waals surface area contributed by atoms with Gasteiger partial charge in [0.25, 0.3) is 5.56 Å². The fraction of sp³-hybridized carbons (Fsp3) is 0.412. The van der Waals surface area contributed by atoms with Gasteiger partial charge < -0.3 is 4.98 Å². The second-order valence-corrected chi connectivity index (χ2v) is 6.32. The quantitative estimate of drug-likeness (QED) is 0.936. The molecule has 1 aromatic heterocycles. The Bertz CT molecular complexity index is 672. The zero-order chi connectivity index (χ0) is 15.6. The van der Waals surface area contributed by atoms with Crippen molar-refractivity contribution < 1.29 is 4.39 Å². The van der Waals surface area contributed by atoms with Gasteiger partial charge in [-0.15, -0.1) is 0 Å². The minimum absolute atomic E-state index is 0.147. The highest BCUT2D eigenvalue weighted by molar-refractivity contribution is 5.31. The molecule has 1 heterocycles. The SMILES string of the molecule is CC(C)Cc1cc(=O)[nH]c(C(C)(C)c2ccc(F)cc2)n1. The van der Waals surface area contributed by atoms with Gasteiger partial charge in [-0.1, -0.05) is 26.0 Å². The maximum atomic E-state index is 13.1. The second-order valence-electron chi connectivity index (χ2n) is 6.32. The van der Waals surface area contributed by atoms with E-state index in [4.69, 9.17) is 0 Å². The summed E-state index contributed by atoms with van der Waals surface area (Å²) in [6.45, 7) is 8.12. The average molecular weight is 288 g/mol. The molecule has 0 bridgehead atoms. The van der Waals surface area contributed by atoms with Crippen molar-refractivity contribution in [1.82, 2.24) is 9.97 Å². The summed E-state index contributed by atoms with van der Waals surface area (Å²) < 4.78 is 13.1. The maximum absolute atomic E-state index is 13.1. The van der Waals surface area contributed by atoms with E-state index < -0.39 is 5.41 Å². The van der Waals surface area contributed by atoms with E-state index in [1.165, 1.54) is 12.1 Å². The van der Waals surface area contributed by atoms with Gasteiger partial charge in [0, 0.05) is 17.2 Å². The van der Waals surface area contributed by atoms with E-state index in [2.05, 4.69) is 23.8 Å². The van der Waals surface area contributed by atoms with Gasteiger partial charge in [-0.05, 0) is 43.9 Å². The summed E-state index contributed by atoms with van der Waals surface area (Å²) >= 11 is 0. The van der Waals surface area contributed by atoms with Crippen LogP contribution in [0.3, 0.4) is 0 Å². The lowest BCUT2D eigenvalue weighted by molar-refractivity contribution is 0.565. The molecular formula is C17H21FN2O. The zero-order valence-electron chi connectivity index (χ0n) is 12.9. The first-order valence-electron chi connectivity index (χ1n) is 7.16. The molecule has 2 aromatic rings. The molecule has 0 aliphatic carbocycles. The third-order valence-electron chi connectivity index (χ3n) is 3.57. The van der Waals surface area contributed by atoms with Crippen molar-refractivity contribution >= 4 is 0 Å². The third-order valence-corrected chi connectivity index (χ3v) is 3.57. The molecule has 0 unspecified atom stereocenters. The molecular weight excluding hydrogens is 267 g/mol. The van der Waals surface area contributed by atoms with Crippen molar-refractivity contribution in [3.8, 4) is 0 Å². The first-order valence-corrected chi connectivity index (χ1v) is 7.16. The highest BCUT2D eigenvalue weighted by Crippen LogP contribution is 2.28. The number of nitrogens with one attached hydrogen (secondary N) is 1. The van der Waals surface area contributed by atoms with E-state index in [0.29, 0.717) is 11.7 Å². The van der Waals surface area contributed by atoms with Gasteiger partial charge in [0.15, 0.2) is 0 Å². The van der Waals surface area contributed by atoms with Crippen LogP contribution in [-0.4, -0.2) is 9.97 Å². The number of hydrogen-bond donors (Lipinski definition) is 1. The smallest absolute Gasteiger partial charge is 0.251 e. The summed E-state index contributed by atoms with van der Waals surface area (Å²) in [4.78, 5) is 19.3. The van der Waals surface area contributed by atoms with E-state index in [1.54, 1.807) is 18.2 Å². The molecule has 4 heteroatoms. The molecule has 0 amide bonds. The molecule has 1 aromatic carbocycles. The molecule has 0 aliphatic rings. The van der Waals surface area contributed by atoms with Crippen molar-refractivity contribution in [2.75, 3.05) is 0 Å². The molecule has 0 saturated heterocycles. The third kappa shape index (κ3) is 3.57. The fourth-order valence-electron chi connectivity index (χ4n) is 2.33. The first-order chi connectivity index (χ1) is 9.79. The molecule has 0 fully saturated rings. The maximum Gasteiger partial charge on any atom is 0.251 e. The van der Waals surface area contributed by atoms with Crippen molar-refractivity contribution in [2.24, 2.45) is 5.92 Å². The Labute approximate surface area is 124 Å². The van der Waals surface area contributed by atoms with Crippen LogP contribution in [0.2, 0.25) is 0 Å². The van der Waals surface area contributed by atoms with Gasteiger partial charge in [0.1, 0.15) is 11.6 Å². The Kier molecular flexibility index (Phi) is 4.26. The predicted molar refractivity (Wildman–Crippen MR) is 81.9 cm³/mol. The summed E-state index contributed by atoms with van der Waals surface area (Å²) in [6, 6.07) is 7.85. The Balaban J connectivity index is 2.46. The van der Waals surface area contributed by atoms with Gasteiger partial charge in [0.2, 0.25) is 0 Å². The van der Waals surface area contributed by atoms with Crippen molar-refractivity contribution in [3.05, 3.63) is 63.6 Å².